The molecule has 0 aliphatic carbocycles. The van der Waals surface area contributed by atoms with Gasteiger partial charge < -0.3 is 20.3 Å². The third kappa shape index (κ3) is 5.25. The molecule has 1 aromatic carbocycles. The number of nitrogens with one attached hydrogen (secondary N) is 2. The Kier molecular flexibility index (Phi) is 6.30. The number of rotatable bonds is 6. The van der Waals surface area contributed by atoms with Crippen molar-refractivity contribution in [1.29, 1.82) is 0 Å². The zero-order valence-corrected chi connectivity index (χ0v) is 16.6. The third-order valence-electron chi connectivity index (χ3n) is 6.18. The van der Waals surface area contributed by atoms with Gasteiger partial charge in [0.25, 0.3) is 0 Å². The third-order valence-corrected chi connectivity index (χ3v) is 6.18. The minimum absolute atomic E-state index is 0.0236. The molecule has 1 aromatic rings. The van der Waals surface area contributed by atoms with Crippen LogP contribution in [0.1, 0.15) is 25.7 Å². The quantitative estimate of drug-likeness (QED) is 0.761. The Balaban J connectivity index is 1.12. The van der Waals surface area contributed by atoms with Crippen LogP contribution in [-0.4, -0.2) is 73.2 Å². The molecule has 3 aliphatic rings. The van der Waals surface area contributed by atoms with E-state index < -0.39 is 0 Å². The molecule has 3 heterocycles. The number of ether oxygens (including phenoxy) is 1. The SMILES string of the molecule is O=C(CN1CCN(C(=O)NCCC2CC3CCC2O3)CC1)Nc1ccc(F)cc1. The molecule has 0 saturated carbocycles. The number of carbonyl (C=O) groups excluding carboxylic acids is 2. The Labute approximate surface area is 170 Å². The first-order valence-corrected chi connectivity index (χ1v) is 10.5. The lowest BCUT2D eigenvalue weighted by molar-refractivity contribution is -0.117. The molecule has 2 bridgehead atoms. The van der Waals surface area contributed by atoms with Crippen molar-refractivity contribution in [3.63, 3.8) is 0 Å². The number of nitrogens with zero attached hydrogens (tertiary/aromatic N) is 2. The number of urea groups is 1. The van der Waals surface area contributed by atoms with Crippen molar-refractivity contribution in [2.24, 2.45) is 5.92 Å². The van der Waals surface area contributed by atoms with Gasteiger partial charge in [-0.1, -0.05) is 0 Å². The topological polar surface area (TPSA) is 73.9 Å². The van der Waals surface area contributed by atoms with Gasteiger partial charge in [-0.3, -0.25) is 9.69 Å². The Hall–Kier alpha value is -2.19. The smallest absolute Gasteiger partial charge is 0.317 e. The molecule has 2 N–H and O–H groups in total. The van der Waals surface area contributed by atoms with Gasteiger partial charge >= 0.3 is 6.03 Å². The summed E-state index contributed by atoms with van der Waals surface area (Å²) < 4.78 is 18.8. The number of carbonyl (C=O) groups is 2. The van der Waals surface area contributed by atoms with Crippen molar-refractivity contribution in [2.45, 2.75) is 37.9 Å². The molecule has 0 spiro atoms. The van der Waals surface area contributed by atoms with E-state index in [0.717, 1.165) is 12.8 Å². The fraction of sp³-hybridized carbons (Fsp3) is 0.619. The molecule has 158 valence electrons. The summed E-state index contributed by atoms with van der Waals surface area (Å²) in [5, 5.41) is 5.80. The highest BCUT2D eigenvalue weighted by atomic mass is 19.1. The molecule has 3 saturated heterocycles. The Morgan fingerprint density at radius 2 is 1.86 bits per heavy atom. The zero-order valence-electron chi connectivity index (χ0n) is 16.6. The van der Waals surface area contributed by atoms with Crippen LogP contribution in [0.3, 0.4) is 0 Å². The average molecular weight is 404 g/mol. The number of halogens is 1. The number of hydrogen-bond acceptors (Lipinski definition) is 4. The van der Waals surface area contributed by atoms with Crippen LogP contribution in [0, 0.1) is 11.7 Å². The Morgan fingerprint density at radius 1 is 1.10 bits per heavy atom. The van der Waals surface area contributed by atoms with Gasteiger partial charge in [-0.05, 0) is 55.9 Å². The van der Waals surface area contributed by atoms with Crippen LogP contribution in [0.5, 0.6) is 0 Å². The van der Waals surface area contributed by atoms with Gasteiger partial charge in [0.2, 0.25) is 5.91 Å². The predicted molar refractivity (Wildman–Crippen MR) is 107 cm³/mol. The van der Waals surface area contributed by atoms with Crippen molar-refractivity contribution >= 4 is 17.6 Å². The standard InChI is InChI=1S/C21H29FN4O3/c22-16-1-3-17(4-2-16)24-20(27)14-25-9-11-26(12-10-25)21(28)23-8-7-15-13-18-5-6-19(15)29-18/h1-4,15,18-19H,5-14H2,(H,23,28)(H,24,27). The number of fused-ring (bicyclic) bond motifs is 2. The summed E-state index contributed by atoms with van der Waals surface area (Å²) in [7, 11) is 0. The lowest BCUT2D eigenvalue weighted by Crippen LogP contribution is -2.53. The van der Waals surface area contributed by atoms with Gasteiger partial charge in [0, 0.05) is 38.4 Å². The number of amides is 3. The molecule has 3 atom stereocenters. The highest BCUT2D eigenvalue weighted by molar-refractivity contribution is 5.92. The van der Waals surface area contributed by atoms with Crippen LogP contribution in [-0.2, 0) is 9.53 Å². The van der Waals surface area contributed by atoms with Crippen molar-refractivity contribution < 1.29 is 18.7 Å². The van der Waals surface area contributed by atoms with Gasteiger partial charge in [0.1, 0.15) is 5.82 Å². The first-order chi connectivity index (χ1) is 14.1. The average Bonchev–Trinajstić information content (AvgIpc) is 3.33. The van der Waals surface area contributed by atoms with Crippen LogP contribution in [0.2, 0.25) is 0 Å². The largest absolute Gasteiger partial charge is 0.375 e. The second kappa shape index (κ2) is 9.09. The number of benzene rings is 1. The predicted octanol–water partition coefficient (Wildman–Crippen LogP) is 2.05. The summed E-state index contributed by atoms with van der Waals surface area (Å²) in [5.41, 5.74) is 0.579. The highest BCUT2D eigenvalue weighted by Gasteiger charge is 2.40. The van der Waals surface area contributed by atoms with Crippen molar-refractivity contribution in [3.8, 4) is 0 Å². The fourth-order valence-corrected chi connectivity index (χ4v) is 4.57. The maximum absolute atomic E-state index is 12.9. The summed E-state index contributed by atoms with van der Waals surface area (Å²) in [6, 6.07) is 5.69. The van der Waals surface area contributed by atoms with Gasteiger partial charge in [-0.2, -0.15) is 0 Å². The second-order valence-corrected chi connectivity index (χ2v) is 8.21. The van der Waals surface area contributed by atoms with E-state index >= 15 is 0 Å². The second-order valence-electron chi connectivity index (χ2n) is 8.21. The van der Waals surface area contributed by atoms with Crippen LogP contribution in [0.4, 0.5) is 14.9 Å². The molecule has 0 radical (unpaired) electrons. The monoisotopic (exact) mass is 404 g/mol. The van der Waals surface area contributed by atoms with E-state index in [-0.39, 0.29) is 24.3 Å². The molecule has 7 nitrogen and oxygen atoms in total. The van der Waals surface area contributed by atoms with Crippen molar-refractivity contribution in [2.75, 3.05) is 44.6 Å². The zero-order chi connectivity index (χ0) is 20.2. The molecular weight excluding hydrogens is 375 g/mol. The molecule has 8 heteroatoms. The molecule has 4 rings (SSSR count). The van der Waals surface area contributed by atoms with Crippen LogP contribution >= 0.6 is 0 Å². The van der Waals surface area contributed by atoms with Gasteiger partial charge in [0.05, 0.1) is 18.8 Å². The molecular formula is C21H29FN4O3. The first kappa shape index (κ1) is 20.1. The van der Waals surface area contributed by atoms with E-state index in [0.29, 0.717) is 56.5 Å². The first-order valence-electron chi connectivity index (χ1n) is 10.5. The summed E-state index contributed by atoms with van der Waals surface area (Å²) in [5.74, 6) is 0.120. The van der Waals surface area contributed by atoms with E-state index in [9.17, 15) is 14.0 Å². The number of anilines is 1. The fourth-order valence-electron chi connectivity index (χ4n) is 4.57. The maximum atomic E-state index is 12.9. The van der Waals surface area contributed by atoms with Crippen LogP contribution in [0.15, 0.2) is 24.3 Å². The summed E-state index contributed by atoms with van der Waals surface area (Å²) >= 11 is 0. The molecule has 29 heavy (non-hydrogen) atoms. The summed E-state index contributed by atoms with van der Waals surface area (Å²) in [6.45, 7) is 3.47. The summed E-state index contributed by atoms with van der Waals surface area (Å²) in [6.07, 6.45) is 5.34. The van der Waals surface area contributed by atoms with E-state index in [4.69, 9.17) is 4.74 Å². The highest BCUT2D eigenvalue weighted by Crippen LogP contribution is 2.40. The van der Waals surface area contributed by atoms with Gasteiger partial charge in [-0.25, -0.2) is 9.18 Å². The van der Waals surface area contributed by atoms with Gasteiger partial charge in [0.15, 0.2) is 0 Å². The van der Waals surface area contributed by atoms with E-state index in [1.165, 1.54) is 25.0 Å². The lowest BCUT2D eigenvalue weighted by Gasteiger charge is -2.34. The maximum Gasteiger partial charge on any atom is 0.317 e. The Morgan fingerprint density at radius 3 is 2.52 bits per heavy atom. The van der Waals surface area contributed by atoms with Crippen molar-refractivity contribution in [3.05, 3.63) is 30.1 Å². The lowest BCUT2D eigenvalue weighted by atomic mass is 9.87. The molecule has 3 aliphatic heterocycles. The molecule has 3 unspecified atom stereocenters. The van der Waals surface area contributed by atoms with Gasteiger partial charge in [-0.15, -0.1) is 0 Å². The molecule has 0 aromatic heterocycles. The van der Waals surface area contributed by atoms with E-state index in [1.54, 1.807) is 12.1 Å². The molecule has 3 fully saturated rings. The number of piperazine rings is 1. The normalized spacial score (nSPS) is 26.5. The molecule has 3 amide bonds. The van der Waals surface area contributed by atoms with Crippen LogP contribution in [0.25, 0.3) is 0 Å². The minimum atomic E-state index is -0.332. The number of hydrogen-bond donors (Lipinski definition) is 2. The Bertz CT molecular complexity index is 721. The van der Waals surface area contributed by atoms with Crippen LogP contribution < -0.4 is 10.6 Å². The minimum Gasteiger partial charge on any atom is -0.375 e. The van der Waals surface area contributed by atoms with E-state index in [2.05, 4.69) is 10.6 Å². The van der Waals surface area contributed by atoms with Crippen molar-refractivity contribution in [1.82, 2.24) is 15.1 Å². The van der Waals surface area contributed by atoms with E-state index in [1.807, 2.05) is 9.80 Å². The summed E-state index contributed by atoms with van der Waals surface area (Å²) in [4.78, 5) is 28.4.